The molecule has 1 aliphatic rings. The highest BCUT2D eigenvalue weighted by atomic mass is 19.1. The Morgan fingerprint density at radius 1 is 1.38 bits per heavy atom. The third-order valence-electron chi connectivity index (χ3n) is 4.34. The van der Waals surface area contributed by atoms with Crippen LogP contribution >= 0.6 is 0 Å². The summed E-state index contributed by atoms with van der Waals surface area (Å²) >= 11 is 0. The highest BCUT2D eigenvalue weighted by Crippen LogP contribution is 2.27. The van der Waals surface area contributed by atoms with Gasteiger partial charge in [0.1, 0.15) is 23.8 Å². The molecule has 1 fully saturated rings. The molecule has 0 spiro atoms. The molecule has 0 saturated carbocycles. The van der Waals surface area contributed by atoms with Crippen LogP contribution in [0.1, 0.15) is 48.3 Å². The second-order valence-corrected chi connectivity index (χ2v) is 6.10. The maximum atomic E-state index is 13.9. The van der Waals surface area contributed by atoms with Gasteiger partial charge in [0.15, 0.2) is 0 Å². The number of carbonyl (C=O) groups is 1. The number of benzene rings is 1. The van der Waals surface area contributed by atoms with Crippen molar-refractivity contribution in [3.05, 3.63) is 47.5 Å². The van der Waals surface area contributed by atoms with E-state index in [2.05, 4.69) is 17.1 Å². The Balaban J connectivity index is 1.79. The van der Waals surface area contributed by atoms with Crippen molar-refractivity contribution < 1.29 is 13.6 Å². The molecule has 0 bridgehead atoms. The van der Waals surface area contributed by atoms with E-state index in [-0.39, 0.29) is 11.5 Å². The minimum atomic E-state index is -0.697. The van der Waals surface area contributed by atoms with Gasteiger partial charge in [0.05, 0.1) is 5.56 Å². The second-order valence-electron chi connectivity index (χ2n) is 6.10. The van der Waals surface area contributed by atoms with Crippen LogP contribution in [0.2, 0.25) is 0 Å². The first-order valence-corrected chi connectivity index (χ1v) is 8.22. The van der Waals surface area contributed by atoms with Crippen molar-refractivity contribution >= 4 is 5.91 Å². The summed E-state index contributed by atoms with van der Waals surface area (Å²) in [5, 5.41) is 8.17. The zero-order valence-electron chi connectivity index (χ0n) is 13.6. The molecular weight excluding hydrogens is 314 g/mol. The Morgan fingerprint density at radius 3 is 3.00 bits per heavy atom. The van der Waals surface area contributed by atoms with E-state index in [0.29, 0.717) is 13.1 Å². The minimum Gasteiger partial charge on any atom is -0.338 e. The molecule has 2 aromatic rings. The van der Waals surface area contributed by atoms with Crippen molar-refractivity contribution in [1.29, 1.82) is 0 Å². The molecule has 1 amide bonds. The predicted octanol–water partition coefficient (Wildman–Crippen LogP) is 2.99. The van der Waals surface area contributed by atoms with E-state index in [9.17, 15) is 13.6 Å². The van der Waals surface area contributed by atoms with E-state index < -0.39 is 17.5 Å². The third-order valence-corrected chi connectivity index (χ3v) is 4.34. The Bertz CT molecular complexity index is 731. The highest BCUT2D eigenvalue weighted by Gasteiger charge is 2.29. The van der Waals surface area contributed by atoms with E-state index >= 15 is 0 Å². The van der Waals surface area contributed by atoms with E-state index in [1.54, 1.807) is 11.2 Å². The second kappa shape index (κ2) is 7.07. The van der Waals surface area contributed by atoms with Crippen molar-refractivity contribution in [2.75, 3.05) is 13.1 Å². The predicted molar refractivity (Wildman–Crippen MR) is 84.5 cm³/mol. The van der Waals surface area contributed by atoms with Crippen molar-refractivity contribution in [3.8, 4) is 0 Å². The van der Waals surface area contributed by atoms with Gasteiger partial charge < -0.3 is 9.47 Å². The fraction of sp³-hybridized carbons (Fsp3) is 0.471. The van der Waals surface area contributed by atoms with Gasteiger partial charge >= 0.3 is 0 Å². The maximum Gasteiger partial charge on any atom is 0.256 e. The Hall–Kier alpha value is -2.31. The van der Waals surface area contributed by atoms with Crippen LogP contribution in [0.15, 0.2) is 24.5 Å². The fourth-order valence-electron chi connectivity index (χ4n) is 3.20. The molecular formula is C17H20F2N4O. The standard InChI is InChI=1S/C17H20F2N4O/c1-2-7-23-11-20-21-16(23)12-4-3-8-22(10-12)17(24)14-9-13(18)5-6-15(14)19/h5-6,9,11-12H,2-4,7-8,10H2,1H3/t12-/m0/s1. The summed E-state index contributed by atoms with van der Waals surface area (Å²) < 4.78 is 29.2. The Kier molecular flexibility index (Phi) is 4.87. The number of likely N-dealkylation sites (tertiary alicyclic amines) is 1. The third kappa shape index (κ3) is 3.29. The lowest BCUT2D eigenvalue weighted by Crippen LogP contribution is -2.40. The van der Waals surface area contributed by atoms with Crippen molar-refractivity contribution in [2.24, 2.45) is 0 Å². The summed E-state index contributed by atoms with van der Waals surface area (Å²) in [5.74, 6) is -0.866. The molecule has 2 heterocycles. The van der Waals surface area contributed by atoms with Gasteiger partial charge in [0, 0.05) is 25.6 Å². The first-order chi connectivity index (χ1) is 11.6. The van der Waals surface area contributed by atoms with E-state index in [0.717, 1.165) is 49.8 Å². The number of carbonyl (C=O) groups excluding carboxylic acids is 1. The van der Waals surface area contributed by atoms with Crippen LogP contribution in [0.5, 0.6) is 0 Å². The number of amides is 1. The normalized spacial score (nSPS) is 18.0. The number of hydrogen-bond donors (Lipinski definition) is 0. The van der Waals surface area contributed by atoms with Crippen LogP contribution in [0, 0.1) is 11.6 Å². The van der Waals surface area contributed by atoms with Crippen LogP contribution in [0.3, 0.4) is 0 Å². The van der Waals surface area contributed by atoms with Crippen LogP contribution in [-0.4, -0.2) is 38.7 Å². The number of nitrogens with zero attached hydrogens (tertiary/aromatic N) is 4. The van der Waals surface area contributed by atoms with Gasteiger partial charge in [-0.15, -0.1) is 10.2 Å². The van der Waals surface area contributed by atoms with Crippen LogP contribution in [0.4, 0.5) is 8.78 Å². The molecule has 24 heavy (non-hydrogen) atoms. The van der Waals surface area contributed by atoms with Crippen molar-refractivity contribution in [3.63, 3.8) is 0 Å². The van der Waals surface area contributed by atoms with E-state index in [1.807, 2.05) is 4.57 Å². The molecule has 1 aromatic heterocycles. The first-order valence-electron chi connectivity index (χ1n) is 8.22. The zero-order valence-corrected chi connectivity index (χ0v) is 13.6. The quantitative estimate of drug-likeness (QED) is 0.864. The van der Waals surface area contributed by atoms with Crippen LogP contribution in [0.25, 0.3) is 0 Å². The van der Waals surface area contributed by atoms with Crippen LogP contribution < -0.4 is 0 Å². The van der Waals surface area contributed by atoms with Gasteiger partial charge in [0.2, 0.25) is 0 Å². The monoisotopic (exact) mass is 334 g/mol. The number of piperidine rings is 1. The molecule has 128 valence electrons. The molecule has 1 atom stereocenters. The molecule has 1 aromatic carbocycles. The van der Waals surface area contributed by atoms with Gasteiger partial charge in [0.25, 0.3) is 5.91 Å². The summed E-state index contributed by atoms with van der Waals surface area (Å²) in [6.45, 7) is 3.88. The Labute approximate surface area is 139 Å². The summed E-state index contributed by atoms with van der Waals surface area (Å²) in [7, 11) is 0. The molecule has 3 rings (SSSR count). The average molecular weight is 334 g/mol. The molecule has 7 heteroatoms. The number of hydrogen-bond acceptors (Lipinski definition) is 3. The lowest BCUT2D eigenvalue weighted by atomic mass is 9.96. The summed E-state index contributed by atoms with van der Waals surface area (Å²) in [5.41, 5.74) is -0.217. The number of aryl methyl sites for hydroxylation is 1. The number of halogens is 2. The molecule has 0 radical (unpaired) electrons. The highest BCUT2D eigenvalue weighted by molar-refractivity contribution is 5.94. The molecule has 0 N–H and O–H groups in total. The largest absolute Gasteiger partial charge is 0.338 e. The zero-order chi connectivity index (χ0) is 17.1. The molecule has 1 saturated heterocycles. The average Bonchev–Trinajstić information content (AvgIpc) is 3.05. The minimum absolute atomic E-state index is 0.0633. The molecule has 5 nitrogen and oxygen atoms in total. The van der Waals surface area contributed by atoms with Gasteiger partial charge in [-0.2, -0.15) is 0 Å². The van der Waals surface area contributed by atoms with E-state index in [1.165, 1.54) is 0 Å². The fourth-order valence-corrected chi connectivity index (χ4v) is 3.20. The molecule has 0 unspecified atom stereocenters. The van der Waals surface area contributed by atoms with Crippen molar-refractivity contribution in [2.45, 2.75) is 38.6 Å². The van der Waals surface area contributed by atoms with Crippen molar-refractivity contribution in [1.82, 2.24) is 19.7 Å². The summed E-state index contributed by atoms with van der Waals surface area (Å²) in [4.78, 5) is 14.2. The SMILES string of the molecule is CCCn1cnnc1[C@H]1CCCN(C(=O)c2cc(F)ccc2F)C1. The van der Waals surface area contributed by atoms with Gasteiger partial charge in [-0.3, -0.25) is 4.79 Å². The summed E-state index contributed by atoms with van der Waals surface area (Å²) in [6.07, 6.45) is 4.37. The maximum absolute atomic E-state index is 13.9. The Morgan fingerprint density at radius 2 is 2.21 bits per heavy atom. The topological polar surface area (TPSA) is 51.0 Å². The van der Waals surface area contributed by atoms with Gasteiger partial charge in [-0.25, -0.2) is 8.78 Å². The summed E-state index contributed by atoms with van der Waals surface area (Å²) in [6, 6.07) is 2.96. The lowest BCUT2D eigenvalue weighted by Gasteiger charge is -2.32. The molecule has 1 aliphatic heterocycles. The van der Waals surface area contributed by atoms with E-state index in [4.69, 9.17) is 0 Å². The van der Waals surface area contributed by atoms with Gasteiger partial charge in [-0.05, 0) is 37.5 Å². The number of aromatic nitrogens is 3. The lowest BCUT2D eigenvalue weighted by molar-refractivity contribution is 0.0698. The van der Waals surface area contributed by atoms with Gasteiger partial charge in [-0.1, -0.05) is 6.92 Å². The first kappa shape index (κ1) is 16.5. The smallest absolute Gasteiger partial charge is 0.256 e. The van der Waals surface area contributed by atoms with Crippen LogP contribution in [-0.2, 0) is 6.54 Å². The number of rotatable bonds is 4. The molecule has 0 aliphatic carbocycles.